The summed E-state index contributed by atoms with van der Waals surface area (Å²) in [7, 11) is 0. The maximum absolute atomic E-state index is 12.0. The third-order valence-electron chi connectivity index (χ3n) is 4.93. The molecule has 0 amide bonds. The molecule has 0 aromatic heterocycles. The van der Waals surface area contributed by atoms with Gasteiger partial charge in [-0.15, -0.1) is 0 Å². The summed E-state index contributed by atoms with van der Waals surface area (Å²) < 4.78 is 11.2. The van der Waals surface area contributed by atoms with E-state index in [4.69, 9.17) is 9.47 Å². The van der Waals surface area contributed by atoms with E-state index in [2.05, 4.69) is 18.2 Å². The minimum Gasteiger partial charge on any atom is -0.489 e. The van der Waals surface area contributed by atoms with Gasteiger partial charge in [0.05, 0.1) is 12.5 Å². The quantitative estimate of drug-likeness (QED) is 0.790. The van der Waals surface area contributed by atoms with Crippen molar-refractivity contribution in [1.29, 1.82) is 0 Å². The number of fused-ring (bicyclic) bond motifs is 3. The van der Waals surface area contributed by atoms with Gasteiger partial charge >= 0.3 is 5.97 Å². The molecule has 2 aliphatic rings. The summed E-state index contributed by atoms with van der Waals surface area (Å²) in [6.07, 6.45) is 0.925. The molecule has 3 heteroatoms. The molecule has 0 bridgehead atoms. The lowest BCUT2D eigenvalue weighted by Gasteiger charge is -2.14. The average Bonchev–Trinajstić information content (AvgIpc) is 3.17. The highest BCUT2D eigenvalue weighted by atomic mass is 16.5. The highest BCUT2D eigenvalue weighted by molar-refractivity contribution is 5.80. The molecule has 0 heterocycles. The number of ether oxygens (including phenoxy) is 2. The summed E-state index contributed by atoms with van der Waals surface area (Å²) in [5.41, 5.74) is 3.72. The lowest BCUT2D eigenvalue weighted by atomic mass is 10.0. The number of esters is 1. The molecule has 2 aliphatic carbocycles. The van der Waals surface area contributed by atoms with Crippen molar-refractivity contribution in [2.45, 2.75) is 25.9 Å². The molecule has 2 aromatic carbocycles. The lowest BCUT2D eigenvalue weighted by molar-refractivity contribution is -0.145. The molecule has 0 saturated heterocycles. The van der Waals surface area contributed by atoms with Crippen LogP contribution in [0.25, 0.3) is 0 Å². The van der Waals surface area contributed by atoms with E-state index >= 15 is 0 Å². The van der Waals surface area contributed by atoms with Crippen molar-refractivity contribution >= 4 is 5.97 Å². The Balaban J connectivity index is 1.49. The van der Waals surface area contributed by atoms with Crippen LogP contribution in [-0.2, 0) is 22.6 Å². The molecule has 3 atom stereocenters. The van der Waals surface area contributed by atoms with E-state index < -0.39 is 0 Å². The molecule has 1 fully saturated rings. The fourth-order valence-corrected chi connectivity index (χ4v) is 3.83. The van der Waals surface area contributed by atoms with Crippen LogP contribution in [0.15, 0.2) is 48.5 Å². The summed E-state index contributed by atoms with van der Waals surface area (Å²) in [4.78, 5) is 12.0. The highest BCUT2D eigenvalue weighted by Crippen LogP contribution is 2.63. The summed E-state index contributed by atoms with van der Waals surface area (Å²) >= 11 is 0. The Labute approximate surface area is 136 Å². The molecule has 0 aliphatic heterocycles. The second kappa shape index (κ2) is 5.73. The Bertz CT molecular complexity index is 723. The Morgan fingerprint density at radius 1 is 1.13 bits per heavy atom. The van der Waals surface area contributed by atoms with Crippen LogP contribution < -0.4 is 4.74 Å². The molecule has 3 nitrogen and oxygen atoms in total. The van der Waals surface area contributed by atoms with E-state index in [-0.39, 0.29) is 11.9 Å². The van der Waals surface area contributed by atoms with Crippen LogP contribution in [0.2, 0.25) is 0 Å². The minimum atomic E-state index is -0.0382. The standard InChI is InChI=1S/C20H20O3/c1-2-22-20(21)19-16-11-15-14(18(16)19)9-6-10-17(15)23-12-13-7-4-3-5-8-13/h3-10,16,18-19H,2,11-12H2,1H3/t16-,18+,19?/m1/s1. The number of carbonyl (C=O) groups is 1. The van der Waals surface area contributed by atoms with Gasteiger partial charge in [0.15, 0.2) is 0 Å². The van der Waals surface area contributed by atoms with E-state index in [0.29, 0.717) is 25.0 Å². The average molecular weight is 308 g/mol. The molecule has 0 radical (unpaired) electrons. The molecule has 0 spiro atoms. The second-order valence-electron chi connectivity index (χ2n) is 6.27. The molecule has 0 N–H and O–H groups in total. The van der Waals surface area contributed by atoms with Gasteiger partial charge in [0.25, 0.3) is 0 Å². The number of hydrogen-bond donors (Lipinski definition) is 0. The fraction of sp³-hybridized carbons (Fsp3) is 0.350. The van der Waals surface area contributed by atoms with Crippen molar-refractivity contribution in [2.24, 2.45) is 11.8 Å². The van der Waals surface area contributed by atoms with E-state index in [0.717, 1.165) is 17.7 Å². The van der Waals surface area contributed by atoms with Crippen LogP contribution in [-0.4, -0.2) is 12.6 Å². The van der Waals surface area contributed by atoms with E-state index in [9.17, 15) is 4.79 Å². The predicted molar refractivity (Wildman–Crippen MR) is 87.3 cm³/mol. The molecular weight excluding hydrogens is 288 g/mol. The lowest BCUT2D eigenvalue weighted by Crippen LogP contribution is -2.11. The first-order valence-electron chi connectivity index (χ1n) is 8.24. The van der Waals surface area contributed by atoms with Gasteiger partial charge in [-0.25, -0.2) is 0 Å². The van der Waals surface area contributed by atoms with Crippen molar-refractivity contribution in [2.75, 3.05) is 6.61 Å². The Morgan fingerprint density at radius 3 is 2.74 bits per heavy atom. The Kier molecular flexibility index (Phi) is 3.56. The number of benzene rings is 2. The molecule has 23 heavy (non-hydrogen) atoms. The normalized spacial score (nSPS) is 23.8. The third kappa shape index (κ3) is 2.50. The van der Waals surface area contributed by atoms with Crippen LogP contribution in [0, 0.1) is 11.8 Å². The maximum Gasteiger partial charge on any atom is 0.309 e. The first-order valence-corrected chi connectivity index (χ1v) is 8.24. The Morgan fingerprint density at radius 2 is 1.96 bits per heavy atom. The van der Waals surface area contributed by atoms with Crippen LogP contribution in [0.5, 0.6) is 5.75 Å². The zero-order valence-corrected chi connectivity index (χ0v) is 13.2. The van der Waals surface area contributed by atoms with Gasteiger partial charge in [-0.2, -0.15) is 0 Å². The van der Waals surface area contributed by atoms with Gasteiger partial charge in [0.2, 0.25) is 0 Å². The summed E-state index contributed by atoms with van der Waals surface area (Å²) in [6.45, 7) is 2.90. The smallest absolute Gasteiger partial charge is 0.309 e. The first-order chi connectivity index (χ1) is 11.3. The molecule has 118 valence electrons. The molecule has 1 saturated carbocycles. The SMILES string of the molecule is CCOC(=O)C1[C@H]2c3cccc(OCc4ccccc4)c3C[C@@H]12. The van der Waals surface area contributed by atoms with Crippen molar-refractivity contribution in [3.8, 4) is 5.75 Å². The monoisotopic (exact) mass is 308 g/mol. The van der Waals surface area contributed by atoms with Crippen molar-refractivity contribution in [1.82, 2.24) is 0 Å². The summed E-state index contributed by atoms with van der Waals surface area (Å²) in [5, 5.41) is 0. The second-order valence-corrected chi connectivity index (χ2v) is 6.27. The van der Waals surface area contributed by atoms with Crippen molar-refractivity contribution in [3.63, 3.8) is 0 Å². The van der Waals surface area contributed by atoms with E-state index in [1.54, 1.807) is 0 Å². The first kappa shape index (κ1) is 14.3. The summed E-state index contributed by atoms with van der Waals surface area (Å²) in [5.74, 6) is 1.73. The van der Waals surface area contributed by atoms with Crippen LogP contribution in [0.4, 0.5) is 0 Å². The number of rotatable bonds is 5. The van der Waals surface area contributed by atoms with Crippen molar-refractivity contribution < 1.29 is 14.3 Å². The fourth-order valence-electron chi connectivity index (χ4n) is 3.83. The van der Waals surface area contributed by atoms with E-state index in [1.807, 2.05) is 37.3 Å². The largest absolute Gasteiger partial charge is 0.489 e. The summed E-state index contributed by atoms with van der Waals surface area (Å²) in [6, 6.07) is 16.4. The number of hydrogen-bond acceptors (Lipinski definition) is 3. The van der Waals surface area contributed by atoms with Gasteiger partial charge in [-0.3, -0.25) is 4.79 Å². The van der Waals surface area contributed by atoms with Gasteiger partial charge < -0.3 is 9.47 Å². The van der Waals surface area contributed by atoms with Crippen LogP contribution >= 0.6 is 0 Å². The van der Waals surface area contributed by atoms with Gasteiger partial charge in [-0.05, 0) is 42.0 Å². The van der Waals surface area contributed by atoms with Crippen LogP contribution in [0.3, 0.4) is 0 Å². The maximum atomic E-state index is 12.0. The topological polar surface area (TPSA) is 35.5 Å². The predicted octanol–water partition coefficient (Wildman–Crippen LogP) is 3.71. The number of carbonyl (C=O) groups excluding carboxylic acids is 1. The van der Waals surface area contributed by atoms with Crippen LogP contribution in [0.1, 0.15) is 29.5 Å². The molecule has 1 unspecified atom stereocenters. The van der Waals surface area contributed by atoms with Gasteiger partial charge in [0.1, 0.15) is 12.4 Å². The third-order valence-corrected chi connectivity index (χ3v) is 4.93. The minimum absolute atomic E-state index is 0.0382. The zero-order valence-electron chi connectivity index (χ0n) is 13.2. The Hall–Kier alpha value is -2.29. The molecule has 2 aromatic rings. The van der Waals surface area contributed by atoms with Gasteiger partial charge in [0, 0.05) is 5.92 Å². The molecular formula is C20H20O3. The van der Waals surface area contributed by atoms with E-state index in [1.165, 1.54) is 11.1 Å². The highest BCUT2D eigenvalue weighted by Gasteiger charge is 2.60. The molecule has 4 rings (SSSR count). The van der Waals surface area contributed by atoms with Gasteiger partial charge in [-0.1, -0.05) is 42.5 Å². The van der Waals surface area contributed by atoms with Crippen molar-refractivity contribution in [3.05, 3.63) is 65.2 Å². The zero-order chi connectivity index (χ0) is 15.8.